The topological polar surface area (TPSA) is 71.1 Å². The molecule has 3 rings (SSSR count). The third-order valence-electron chi connectivity index (χ3n) is 5.19. The van der Waals surface area contributed by atoms with Crippen molar-refractivity contribution in [1.82, 2.24) is 4.90 Å². The molecule has 0 spiro atoms. The van der Waals surface area contributed by atoms with E-state index < -0.39 is 5.97 Å². The summed E-state index contributed by atoms with van der Waals surface area (Å²) in [5.41, 5.74) is 2.43. The number of aryl methyl sites for hydroxylation is 1. The second kappa shape index (κ2) is 9.28. The van der Waals surface area contributed by atoms with E-state index >= 15 is 0 Å². The predicted octanol–water partition coefficient (Wildman–Crippen LogP) is 2.92. The molecule has 1 aromatic heterocycles. The van der Waals surface area contributed by atoms with Crippen LogP contribution in [0.1, 0.15) is 20.8 Å². The van der Waals surface area contributed by atoms with Gasteiger partial charge in [0, 0.05) is 42.8 Å². The Labute approximate surface area is 175 Å². The Balaban J connectivity index is 1.56. The van der Waals surface area contributed by atoms with Gasteiger partial charge >= 0.3 is 5.97 Å². The standard InChI is InChI=1S/C21H27N3O4S/c1-14-15(2)29-20(19(14)21(26)28-4)22-18(25)13-23-8-10-24(11-9-23)16-6-5-7-17(12-16)27-3/h5-7,12H,8-11,13H2,1-4H3,(H,22,25). The lowest BCUT2D eigenvalue weighted by Gasteiger charge is -2.35. The first-order valence-electron chi connectivity index (χ1n) is 9.52. The molecule has 1 aromatic carbocycles. The van der Waals surface area contributed by atoms with E-state index in [-0.39, 0.29) is 5.91 Å². The highest BCUT2D eigenvalue weighted by molar-refractivity contribution is 7.16. The van der Waals surface area contributed by atoms with Crippen LogP contribution in [0.5, 0.6) is 5.75 Å². The lowest BCUT2D eigenvalue weighted by molar-refractivity contribution is -0.117. The third kappa shape index (κ3) is 4.89. The number of carbonyl (C=O) groups excluding carboxylic acids is 2. The second-order valence-electron chi connectivity index (χ2n) is 6.99. The fourth-order valence-electron chi connectivity index (χ4n) is 3.40. The van der Waals surface area contributed by atoms with Crippen LogP contribution in [-0.2, 0) is 9.53 Å². The van der Waals surface area contributed by atoms with Crippen LogP contribution in [0.15, 0.2) is 24.3 Å². The molecule has 0 atom stereocenters. The average Bonchev–Trinajstić information content (AvgIpc) is 3.01. The van der Waals surface area contributed by atoms with Crippen molar-refractivity contribution in [3.05, 3.63) is 40.3 Å². The Morgan fingerprint density at radius 3 is 2.52 bits per heavy atom. The van der Waals surface area contributed by atoms with Crippen LogP contribution < -0.4 is 15.0 Å². The second-order valence-corrected chi connectivity index (χ2v) is 8.22. The molecule has 1 saturated heterocycles. The minimum atomic E-state index is -0.422. The summed E-state index contributed by atoms with van der Waals surface area (Å²) in [5, 5.41) is 3.46. The highest BCUT2D eigenvalue weighted by Crippen LogP contribution is 2.33. The van der Waals surface area contributed by atoms with Gasteiger partial charge in [0.1, 0.15) is 10.8 Å². The normalized spacial score (nSPS) is 14.6. The molecular formula is C21H27N3O4S. The zero-order valence-corrected chi connectivity index (χ0v) is 18.1. The van der Waals surface area contributed by atoms with Crippen LogP contribution in [0.3, 0.4) is 0 Å². The molecule has 1 aliphatic heterocycles. The minimum Gasteiger partial charge on any atom is -0.497 e. The van der Waals surface area contributed by atoms with Crippen molar-refractivity contribution in [3.8, 4) is 5.75 Å². The molecule has 29 heavy (non-hydrogen) atoms. The number of nitrogens with zero attached hydrogens (tertiary/aromatic N) is 2. The first-order valence-corrected chi connectivity index (χ1v) is 10.3. The summed E-state index contributed by atoms with van der Waals surface area (Å²) in [6.45, 7) is 7.35. The van der Waals surface area contributed by atoms with Crippen molar-refractivity contribution in [2.45, 2.75) is 13.8 Å². The maximum atomic E-state index is 12.6. The molecule has 1 fully saturated rings. The Hall–Kier alpha value is -2.58. The van der Waals surface area contributed by atoms with E-state index in [2.05, 4.69) is 21.2 Å². The van der Waals surface area contributed by atoms with Crippen LogP contribution in [-0.4, -0.2) is 63.7 Å². The molecule has 0 unspecified atom stereocenters. The Kier molecular flexibility index (Phi) is 6.76. The zero-order valence-electron chi connectivity index (χ0n) is 17.3. The monoisotopic (exact) mass is 417 g/mol. The first-order chi connectivity index (χ1) is 13.9. The smallest absolute Gasteiger partial charge is 0.341 e. The van der Waals surface area contributed by atoms with Crippen molar-refractivity contribution < 1.29 is 19.1 Å². The minimum absolute atomic E-state index is 0.119. The Morgan fingerprint density at radius 1 is 1.14 bits per heavy atom. The summed E-state index contributed by atoms with van der Waals surface area (Å²) in [6.07, 6.45) is 0. The Bertz CT molecular complexity index is 888. The fourth-order valence-corrected chi connectivity index (χ4v) is 4.47. The molecule has 156 valence electrons. The lowest BCUT2D eigenvalue weighted by atomic mass is 10.1. The van der Waals surface area contributed by atoms with Gasteiger partial charge in [-0.3, -0.25) is 9.69 Å². The molecule has 7 nitrogen and oxygen atoms in total. The average molecular weight is 418 g/mol. The summed E-state index contributed by atoms with van der Waals surface area (Å²) in [4.78, 5) is 30.0. The molecule has 0 radical (unpaired) electrons. The number of hydrogen-bond donors (Lipinski definition) is 1. The van der Waals surface area contributed by atoms with E-state index in [1.165, 1.54) is 18.4 Å². The van der Waals surface area contributed by atoms with Crippen molar-refractivity contribution >= 4 is 33.9 Å². The predicted molar refractivity (Wildman–Crippen MR) is 115 cm³/mol. The first kappa shape index (κ1) is 21.1. The number of ether oxygens (including phenoxy) is 2. The maximum Gasteiger partial charge on any atom is 0.341 e. The highest BCUT2D eigenvalue weighted by Gasteiger charge is 2.23. The van der Waals surface area contributed by atoms with E-state index in [1.807, 2.05) is 32.0 Å². The fraction of sp³-hybridized carbons (Fsp3) is 0.429. The quantitative estimate of drug-likeness (QED) is 0.729. The number of anilines is 2. The van der Waals surface area contributed by atoms with Gasteiger partial charge in [-0.15, -0.1) is 11.3 Å². The number of rotatable bonds is 6. The highest BCUT2D eigenvalue weighted by atomic mass is 32.1. The summed E-state index contributed by atoms with van der Waals surface area (Å²) in [6, 6.07) is 8.01. The molecule has 1 N–H and O–H groups in total. The van der Waals surface area contributed by atoms with E-state index in [0.29, 0.717) is 17.1 Å². The number of benzene rings is 1. The van der Waals surface area contributed by atoms with Gasteiger partial charge in [-0.1, -0.05) is 6.07 Å². The SMILES string of the molecule is COC(=O)c1c(NC(=O)CN2CCN(c3cccc(OC)c3)CC2)sc(C)c1C. The number of nitrogens with one attached hydrogen (secondary N) is 1. The van der Waals surface area contributed by atoms with Crippen LogP contribution >= 0.6 is 11.3 Å². The maximum absolute atomic E-state index is 12.6. The van der Waals surface area contributed by atoms with Gasteiger partial charge in [-0.25, -0.2) is 4.79 Å². The molecular weight excluding hydrogens is 390 g/mol. The molecule has 2 aromatic rings. The van der Waals surface area contributed by atoms with Crippen molar-refractivity contribution in [3.63, 3.8) is 0 Å². The molecule has 1 amide bonds. The Morgan fingerprint density at radius 2 is 1.86 bits per heavy atom. The molecule has 0 aliphatic carbocycles. The number of methoxy groups -OCH3 is 2. The number of esters is 1. The van der Waals surface area contributed by atoms with Crippen molar-refractivity contribution in [1.29, 1.82) is 0 Å². The number of amides is 1. The van der Waals surface area contributed by atoms with Crippen LogP contribution in [0.2, 0.25) is 0 Å². The van der Waals surface area contributed by atoms with Gasteiger partial charge in [0.15, 0.2) is 0 Å². The van der Waals surface area contributed by atoms with E-state index in [4.69, 9.17) is 9.47 Å². The molecule has 8 heteroatoms. The van der Waals surface area contributed by atoms with Gasteiger partial charge in [-0.2, -0.15) is 0 Å². The molecule has 1 aliphatic rings. The third-order valence-corrected chi connectivity index (χ3v) is 6.31. The number of carbonyl (C=O) groups is 2. The van der Waals surface area contributed by atoms with Crippen LogP contribution in [0.4, 0.5) is 10.7 Å². The van der Waals surface area contributed by atoms with Gasteiger partial charge in [-0.05, 0) is 31.5 Å². The van der Waals surface area contributed by atoms with Crippen molar-refractivity contribution in [2.24, 2.45) is 0 Å². The lowest BCUT2D eigenvalue weighted by Crippen LogP contribution is -2.48. The molecule has 0 saturated carbocycles. The van der Waals surface area contributed by atoms with E-state index in [9.17, 15) is 9.59 Å². The van der Waals surface area contributed by atoms with E-state index in [1.54, 1.807) is 7.11 Å². The number of piperazine rings is 1. The van der Waals surface area contributed by atoms with E-state index in [0.717, 1.165) is 48.1 Å². The van der Waals surface area contributed by atoms with Gasteiger partial charge in [0.25, 0.3) is 0 Å². The molecule has 2 heterocycles. The zero-order chi connectivity index (χ0) is 21.0. The number of hydrogen-bond acceptors (Lipinski definition) is 7. The van der Waals surface area contributed by atoms with Gasteiger partial charge < -0.3 is 19.7 Å². The van der Waals surface area contributed by atoms with Crippen molar-refractivity contribution in [2.75, 3.05) is 57.2 Å². The summed E-state index contributed by atoms with van der Waals surface area (Å²) in [7, 11) is 3.01. The van der Waals surface area contributed by atoms with Crippen LogP contribution in [0.25, 0.3) is 0 Å². The molecule has 0 bridgehead atoms. The summed E-state index contributed by atoms with van der Waals surface area (Å²) in [5.74, 6) is 0.299. The number of thiophene rings is 1. The summed E-state index contributed by atoms with van der Waals surface area (Å²) >= 11 is 1.40. The van der Waals surface area contributed by atoms with Gasteiger partial charge in [0.05, 0.1) is 26.3 Å². The van der Waals surface area contributed by atoms with Crippen LogP contribution in [0, 0.1) is 13.8 Å². The largest absolute Gasteiger partial charge is 0.497 e. The van der Waals surface area contributed by atoms with Gasteiger partial charge in [0.2, 0.25) is 5.91 Å². The summed E-state index contributed by atoms with van der Waals surface area (Å²) < 4.78 is 10.2.